The number of halogens is 2. The molecule has 0 fully saturated rings. The summed E-state index contributed by atoms with van der Waals surface area (Å²) in [5.74, 6) is 0. The van der Waals surface area contributed by atoms with Crippen molar-refractivity contribution >= 4 is 45.0 Å². The summed E-state index contributed by atoms with van der Waals surface area (Å²) >= 11 is 12.7. The molecule has 2 aromatic carbocycles. The SMILES string of the molecule is Cc1c(Cc2cc(Cl)nc3ccccc23)c(Cl)nc2ccccc12. The summed E-state index contributed by atoms with van der Waals surface area (Å²) in [7, 11) is 0. The Kier molecular flexibility index (Phi) is 3.87. The van der Waals surface area contributed by atoms with Crippen molar-refractivity contribution in [1.29, 1.82) is 0 Å². The molecule has 0 spiro atoms. The van der Waals surface area contributed by atoms with Crippen molar-refractivity contribution in [2.45, 2.75) is 13.3 Å². The molecule has 2 heterocycles. The van der Waals surface area contributed by atoms with E-state index in [4.69, 9.17) is 23.2 Å². The maximum atomic E-state index is 6.49. The van der Waals surface area contributed by atoms with Gasteiger partial charge >= 0.3 is 0 Å². The van der Waals surface area contributed by atoms with Gasteiger partial charge in [-0.25, -0.2) is 9.97 Å². The van der Waals surface area contributed by atoms with E-state index in [-0.39, 0.29) is 0 Å². The Balaban J connectivity index is 1.92. The lowest BCUT2D eigenvalue weighted by molar-refractivity contribution is 1.14. The molecule has 118 valence electrons. The second kappa shape index (κ2) is 6.04. The molecule has 0 saturated carbocycles. The Labute approximate surface area is 150 Å². The molecule has 2 nitrogen and oxygen atoms in total. The molecule has 4 aromatic rings. The molecule has 4 rings (SSSR count). The summed E-state index contributed by atoms with van der Waals surface area (Å²) in [5, 5.41) is 3.25. The van der Waals surface area contributed by atoms with Gasteiger partial charge < -0.3 is 0 Å². The maximum absolute atomic E-state index is 6.49. The molecule has 0 aliphatic heterocycles. The summed E-state index contributed by atoms with van der Waals surface area (Å²) in [6, 6.07) is 18.0. The van der Waals surface area contributed by atoms with Crippen LogP contribution in [0.3, 0.4) is 0 Å². The standard InChI is InChI=1S/C20H14Cl2N2/c1-12-14-6-2-4-8-17(14)24-20(22)16(12)10-13-11-19(21)23-18-9-5-3-7-15(13)18/h2-9,11H,10H2,1H3. The minimum Gasteiger partial charge on any atom is -0.236 e. The van der Waals surface area contributed by atoms with Gasteiger partial charge in [-0.1, -0.05) is 59.6 Å². The first-order valence-electron chi connectivity index (χ1n) is 7.71. The zero-order chi connectivity index (χ0) is 16.7. The topological polar surface area (TPSA) is 25.8 Å². The van der Waals surface area contributed by atoms with Crippen molar-refractivity contribution in [2.24, 2.45) is 0 Å². The van der Waals surface area contributed by atoms with Crippen LogP contribution in [-0.4, -0.2) is 9.97 Å². The van der Waals surface area contributed by atoms with Gasteiger partial charge in [0, 0.05) is 17.2 Å². The molecule has 0 atom stereocenters. The highest BCUT2D eigenvalue weighted by Gasteiger charge is 2.13. The van der Waals surface area contributed by atoms with Crippen LogP contribution >= 0.6 is 23.2 Å². The minimum absolute atomic E-state index is 0.492. The quantitative estimate of drug-likeness (QED) is 0.414. The van der Waals surface area contributed by atoms with Crippen LogP contribution in [-0.2, 0) is 6.42 Å². The Hall–Kier alpha value is -2.16. The zero-order valence-corrected chi connectivity index (χ0v) is 14.6. The smallest absolute Gasteiger partial charge is 0.133 e. The first kappa shape index (κ1) is 15.4. The van der Waals surface area contributed by atoms with E-state index < -0.39 is 0 Å². The second-order valence-electron chi connectivity index (χ2n) is 5.82. The third-order valence-electron chi connectivity index (χ3n) is 4.37. The van der Waals surface area contributed by atoms with Crippen LogP contribution in [0, 0.1) is 6.92 Å². The van der Waals surface area contributed by atoms with Crippen LogP contribution in [0.15, 0.2) is 54.6 Å². The number of para-hydroxylation sites is 2. The first-order chi connectivity index (χ1) is 11.6. The van der Waals surface area contributed by atoms with E-state index in [1.807, 2.05) is 42.5 Å². The molecule has 0 N–H and O–H groups in total. The predicted molar refractivity (Wildman–Crippen MR) is 101 cm³/mol. The van der Waals surface area contributed by atoms with Crippen LogP contribution in [0.4, 0.5) is 0 Å². The van der Waals surface area contributed by atoms with Gasteiger partial charge in [0.2, 0.25) is 0 Å². The molecule has 0 amide bonds. The van der Waals surface area contributed by atoms with Crippen LogP contribution in [0.5, 0.6) is 0 Å². The molecule has 0 saturated heterocycles. The Morgan fingerprint density at radius 2 is 1.46 bits per heavy atom. The molecular formula is C20H14Cl2N2. The molecule has 0 aliphatic carbocycles. The zero-order valence-electron chi connectivity index (χ0n) is 13.1. The Morgan fingerprint density at radius 3 is 2.21 bits per heavy atom. The van der Waals surface area contributed by atoms with Crippen molar-refractivity contribution < 1.29 is 0 Å². The Bertz CT molecular complexity index is 1070. The van der Waals surface area contributed by atoms with E-state index in [2.05, 4.69) is 29.0 Å². The predicted octanol–water partition coefficient (Wildman–Crippen LogP) is 5.99. The normalized spacial score (nSPS) is 11.3. The first-order valence-corrected chi connectivity index (χ1v) is 8.47. The van der Waals surface area contributed by atoms with Crippen LogP contribution in [0.25, 0.3) is 21.8 Å². The van der Waals surface area contributed by atoms with Crippen molar-refractivity contribution in [3.63, 3.8) is 0 Å². The summed E-state index contributed by atoms with van der Waals surface area (Å²) in [5.41, 5.74) is 5.10. The van der Waals surface area contributed by atoms with Gasteiger partial charge in [-0.2, -0.15) is 0 Å². The lowest BCUT2D eigenvalue weighted by Gasteiger charge is -2.13. The fourth-order valence-electron chi connectivity index (χ4n) is 3.13. The highest BCUT2D eigenvalue weighted by molar-refractivity contribution is 6.31. The average Bonchev–Trinajstić information content (AvgIpc) is 2.58. The number of hydrogen-bond donors (Lipinski definition) is 0. The van der Waals surface area contributed by atoms with E-state index in [1.165, 1.54) is 0 Å². The number of aromatic nitrogens is 2. The molecule has 4 heteroatoms. The van der Waals surface area contributed by atoms with E-state index in [1.54, 1.807) is 0 Å². The number of benzene rings is 2. The highest BCUT2D eigenvalue weighted by atomic mass is 35.5. The lowest BCUT2D eigenvalue weighted by atomic mass is 9.97. The number of fused-ring (bicyclic) bond motifs is 2. The molecule has 0 unspecified atom stereocenters. The molecule has 24 heavy (non-hydrogen) atoms. The van der Waals surface area contributed by atoms with Gasteiger partial charge in [-0.05, 0) is 41.8 Å². The molecule has 0 bridgehead atoms. The van der Waals surface area contributed by atoms with Crippen molar-refractivity contribution in [3.05, 3.63) is 81.6 Å². The van der Waals surface area contributed by atoms with Gasteiger partial charge in [0.05, 0.1) is 11.0 Å². The second-order valence-corrected chi connectivity index (χ2v) is 6.57. The fourth-order valence-corrected chi connectivity index (χ4v) is 3.65. The largest absolute Gasteiger partial charge is 0.236 e. The summed E-state index contributed by atoms with van der Waals surface area (Å²) in [6.45, 7) is 2.09. The molecular weight excluding hydrogens is 339 g/mol. The van der Waals surface area contributed by atoms with E-state index in [0.29, 0.717) is 16.7 Å². The monoisotopic (exact) mass is 352 g/mol. The van der Waals surface area contributed by atoms with Crippen LogP contribution < -0.4 is 0 Å². The number of aryl methyl sites for hydroxylation is 1. The average molecular weight is 353 g/mol. The summed E-state index contributed by atoms with van der Waals surface area (Å²) < 4.78 is 0. The van der Waals surface area contributed by atoms with Crippen molar-refractivity contribution in [2.75, 3.05) is 0 Å². The van der Waals surface area contributed by atoms with E-state index in [9.17, 15) is 0 Å². The van der Waals surface area contributed by atoms with E-state index in [0.717, 1.165) is 38.5 Å². The molecule has 2 aromatic heterocycles. The molecule has 0 aliphatic rings. The van der Waals surface area contributed by atoms with Crippen LogP contribution in [0.2, 0.25) is 10.3 Å². The fraction of sp³-hybridized carbons (Fsp3) is 0.100. The maximum Gasteiger partial charge on any atom is 0.133 e. The minimum atomic E-state index is 0.492. The van der Waals surface area contributed by atoms with Crippen LogP contribution in [0.1, 0.15) is 16.7 Å². The Morgan fingerprint density at radius 1 is 0.833 bits per heavy atom. The third kappa shape index (κ3) is 2.62. The van der Waals surface area contributed by atoms with Gasteiger partial charge in [0.1, 0.15) is 10.3 Å². The summed E-state index contributed by atoms with van der Waals surface area (Å²) in [6.07, 6.45) is 0.672. The number of pyridine rings is 2. The van der Waals surface area contributed by atoms with Gasteiger partial charge in [-0.15, -0.1) is 0 Å². The third-order valence-corrected chi connectivity index (χ3v) is 4.87. The van der Waals surface area contributed by atoms with Gasteiger partial charge in [-0.3, -0.25) is 0 Å². The van der Waals surface area contributed by atoms with Crippen molar-refractivity contribution in [1.82, 2.24) is 9.97 Å². The highest BCUT2D eigenvalue weighted by Crippen LogP contribution is 2.30. The van der Waals surface area contributed by atoms with Crippen molar-refractivity contribution in [3.8, 4) is 0 Å². The lowest BCUT2D eigenvalue weighted by Crippen LogP contribution is -1.99. The number of hydrogen-bond acceptors (Lipinski definition) is 2. The van der Waals surface area contributed by atoms with Gasteiger partial charge in [0.15, 0.2) is 0 Å². The summed E-state index contributed by atoms with van der Waals surface area (Å²) in [4.78, 5) is 8.94. The van der Waals surface area contributed by atoms with E-state index >= 15 is 0 Å². The number of nitrogens with zero attached hydrogens (tertiary/aromatic N) is 2. The number of rotatable bonds is 2. The molecule has 0 radical (unpaired) electrons. The van der Waals surface area contributed by atoms with Gasteiger partial charge in [0.25, 0.3) is 0 Å².